The number of hydrogen-bond donors (Lipinski definition) is 2. The fourth-order valence-electron chi connectivity index (χ4n) is 1.59. The number of hydrogen-bond acceptors (Lipinski definition) is 2. The van der Waals surface area contributed by atoms with Crippen molar-refractivity contribution < 1.29 is 0 Å². The van der Waals surface area contributed by atoms with Crippen LogP contribution < -0.4 is 5.73 Å². The van der Waals surface area contributed by atoms with Crippen molar-refractivity contribution in [1.29, 1.82) is 5.26 Å². The molecule has 0 saturated carbocycles. The van der Waals surface area contributed by atoms with Crippen LogP contribution >= 0.6 is 0 Å². The molecule has 0 aliphatic carbocycles. The van der Waals surface area contributed by atoms with Crippen LogP contribution in [0.3, 0.4) is 0 Å². The predicted octanol–water partition coefficient (Wildman–Crippen LogP) is 2.06. The molecule has 0 amide bonds. The molecule has 0 spiro atoms. The minimum atomic E-state index is 0.0108. The summed E-state index contributed by atoms with van der Waals surface area (Å²) in [7, 11) is 0. The van der Waals surface area contributed by atoms with Crippen molar-refractivity contribution in [3.8, 4) is 6.07 Å². The second kappa shape index (κ2) is 3.17. The van der Waals surface area contributed by atoms with Crippen LogP contribution in [0.2, 0.25) is 0 Å². The van der Waals surface area contributed by atoms with Crippen LogP contribution in [0.15, 0.2) is 24.4 Å². The zero-order valence-electron chi connectivity index (χ0n) is 7.91. The van der Waals surface area contributed by atoms with E-state index in [0.717, 1.165) is 16.5 Å². The summed E-state index contributed by atoms with van der Waals surface area (Å²) in [5.41, 5.74) is 8.53. The van der Waals surface area contributed by atoms with E-state index >= 15 is 0 Å². The summed E-state index contributed by atoms with van der Waals surface area (Å²) in [4.78, 5) is 3.11. The summed E-state index contributed by atoms with van der Waals surface area (Å²) in [6, 6.07) is 7.69. The Labute approximate surface area is 82.1 Å². The highest BCUT2D eigenvalue weighted by Gasteiger charge is 2.07. The molecule has 0 radical (unpaired) electrons. The Morgan fingerprint density at radius 2 is 2.29 bits per heavy atom. The Bertz CT molecular complexity index is 503. The second-order valence-electron chi connectivity index (χ2n) is 3.40. The standard InChI is InChI=1S/C11H11N3/c1-7(13)10-6-14-11-4-8(5-12)2-3-9(10)11/h2-4,6-7,14H,13H2,1H3/t7-/m0/s1. The zero-order valence-corrected chi connectivity index (χ0v) is 7.91. The summed E-state index contributed by atoms with van der Waals surface area (Å²) in [6.07, 6.45) is 1.90. The molecule has 3 heteroatoms. The van der Waals surface area contributed by atoms with Crippen molar-refractivity contribution in [3.05, 3.63) is 35.5 Å². The van der Waals surface area contributed by atoms with Gasteiger partial charge in [0.25, 0.3) is 0 Å². The van der Waals surface area contributed by atoms with Crippen LogP contribution in [0.5, 0.6) is 0 Å². The summed E-state index contributed by atoms with van der Waals surface area (Å²) >= 11 is 0. The summed E-state index contributed by atoms with van der Waals surface area (Å²) in [5.74, 6) is 0. The van der Waals surface area contributed by atoms with E-state index in [1.54, 1.807) is 0 Å². The molecule has 0 fully saturated rings. The fourth-order valence-corrected chi connectivity index (χ4v) is 1.59. The highest BCUT2D eigenvalue weighted by molar-refractivity contribution is 5.84. The van der Waals surface area contributed by atoms with Crippen molar-refractivity contribution in [1.82, 2.24) is 4.98 Å². The van der Waals surface area contributed by atoms with Gasteiger partial charge in [-0.1, -0.05) is 6.07 Å². The number of nitrogens with two attached hydrogens (primary N) is 1. The molecule has 0 aliphatic rings. The molecule has 2 aromatic rings. The lowest BCUT2D eigenvalue weighted by Gasteiger charge is -2.01. The van der Waals surface area contributed by atoms with Gasteiger partial charge in [-0.25, -0.2) is 0 Å². The minimum absolute atomic E-state index is 0.0108. The van der Waals surface area contributed by atoms with Crippen molar-refractivity contribution in [2.45, 2.75) is 13.0 Å². The number of aromatic amines is 1. The first-order chi connectivity index (χ1) is 6.72. The first-order valence-corrected chi connectivity index (χ1v) is 4.49. The molecule has 1 aromatic heterocycles. The third-order valence-electron chi connectivity index (χ3n) is 2.33. The molecule has 14 heavy (non-hydrogen) atoms. The number of benzene rings is 1. The summed E-state index contributed by atoms with van der Waals surface area (Å²) < 4.78 is 0. The molecule has 1 aromatic carbocycles. The van der Waals surface area contributed by atoms with E-state index in [2.05, 4.69) is 11.1 Å². The normalized spacial score (nSPS) is 12.6. The van der Waals surface area contributed by atoms with E-state index in [1.807, 2.05) is 31.3 Å². The molecule has 70 valence electrons. The van der Waals surface area contributed by atoms with Crippen LogP contribution in [-0.4, -0.2) is 4.98 Å². The van der Waals surface area contributed by atoms with E-state index in [9.17, 15) is 0 Å². The predicted molar refractivity (Wildman–Crippen MR) is 55.6 cm³/mol. The number of aromatic nitrogens is 1. The van der Waals surface area contributed by atoms with E-state index in [-0.39, 0.29) is 6.04 Å². The van der Waals surface area contributed by atoms with Gasteiger partial charge in [0.05, 0.1) is 11.6 Å². The maximum atomic E-state index is 8.72. The van der Waals surface area contributed by atoms with Crippen LogP contribution in [0.25, 0.3) is 10.9 Å². The lowest BCUT2D eigenvalue weighted by molar-refractivity contribution is 0.826. The number of nitriles is 1. The summed E-state index contributed by atoms with van der Waals surface area (Å²) in [5, 5.41) is 9.82. The monoisotopic (exact) mass is 185 g/mol. The Kier molecular flexibility index (Phi) is 1.99. The van der Waals surface area contributed by atoms with E-state index < -0.39 is 0 Å². The lowest BCUT2D eigenvalue weighted by atomic mass is 10.1. The van der Waals surface area contributed by atoms with E-state index in [1.165, 1.54) is 0 Å². The number of rotatable bonds is 1. The number of H-pyrrole nitrogens is 1. The van der Waals surface area contributed by atoms with Crippen molar-refractivity contribution in [3.63, 3.8) is 0 Å². The molecule has 0 unspecified atom stereocenters. The summed E-state index contributed by atoms with van der Waals surface area (Å²) in [6.45, 7) is 1.95. The lowest BCUT2D eigenvalue weighted by Crippen LogP contribution is -2.03. The molecule has 3 nitrogen and oxygen atoms in total. The highest BCUT2D eigenvalue weighted by atomic mass is 14.7. The number of nitrogens with one attached hydrogen (secondary N) is 1. The van der Waals surface area contributed by atoms with Crippen molar-refractivity contribution >= 4 is 10.9 Å². The van der Waals surface area contributed by atoms with E-state index in [0.29, 0.717) is 5.56 Å². The number of fused-ring (bicyclic) bond motifs is 1. The van der Waals surface area contributed by atoms with Crippen molar-refractivity contribution in [2.24, 2.45) is 5.73 Å². The molecule has 0 bridgehead atoms. The quantitative estimate of drug-likeness (QED) is 0.714. The van der Waals surface area contributed by atoms with Gasteiger partial charge in [0, 0.05) is 23.1 Å². The smallest absolute Gasteiger partial charge is 0.0992 e. The molecular formula is C11H11N3. The first kappa shape index (κ1) is 8.79. The topological polar surface area (TPSA) is 65.6 Å². The largest absolute Gasteiger partial charge is 0.361 e. The minimum Gasteiger partial charge on any atom is -0.361 e. The first-order valence-electron chi connectivity index (χ1n) is 4.49. The van der Waals surface area contributed by atoms with Gasteiger partial charge in [0.1, 0.15) is 0 Å². The van der Waals surface area contributed by atoms with Gasteiger partial charge in [-0.3, -0.25) is 0 Å². The van der Waals surface area contributed by atoms with Gasteiger partial charge in [-0.2, -0.15) is 5.26 Å². The number of nitrogens with zero attached hydrogens (tertiary/aromatic N) is 1. The molecule has 0 saturated heterocycles. The van der Waals surface area contributed by atoms with Crippen LogP contribution in [-0.2, 0) is 0 Å². The Hall–Kier alpha value is -1.79. The SMILES string of the molecule is C[C@H](N)c1c[nH]c2cc(C#N)ccc12. The van der Waals surface area contributed by atoms with Crippen LogP contribution in [0.4, 0.5) is 0 Å². The Balaban J connectivity index is 2.67. The zero-order chi connectivity index (χ0) is 10.1. The molecule has 1 heterocycles. The van der Waals surface area contributed by atoms with Crippen LogP contribution in [0, 0.1) is 11.3 Å². The Morgan fingerprint density at radius 3 is 2.93 bits per heavy atom. The molecule has 3 N–H and O–H groups in total. The second-order valence-corrected chi connectivity index (χ2v) is 3.40. The Morgan fingerprint density at radius 1 is 1.50 bits per heavy atom. The van der Waals surface area contributed by atoms with Gasteiger partial charge in [-0.05, 0) is 24.6 Å². The van der Waals surface area contributed by atoms with Gasteiger partial charge in [0.2, 0.25) is 0 Å². The van der Waals surface area contributed by atoms with Gasteiger partial charge in [0.15, 0.2) is 0 Å². The van der Waals surface area contributed by atoms with Crippen LogP contribution in [0.1, 0.15) is 24.1 Å². The van der Waals surface area contributed by atoms with Gasteiger partial charge >= 0.3 is 0 Å². The third kappa shape index (κ3) is 1.26. The average molecular weight is 185 g/mol. The molecule has 1 atom stereocenters. The van der Waals surface area contributed by atoms with Gasteiger partial charge in [-0.15, -0.1) is 0 Å². The third-order valence-corrected chi connectivity index (χ3v) is 2.33. The average Bonchev–Trinajstić information content (AvgIpc) is 2.59. The van der Waals surface area contributed by atoms with Crippen molar-refractivity contribution in [2.75, 3.05) is 0 Å². The molecule has 2 rings (SSSR count). The maximum Gasteiger partial charge on any atom is 0.0992 e. The van der Waals surface area contributed by atoms with Gasteiger partial charge < -0.3 is 10.7 Å². The fraction of sp³-hybridized carbons (Fsp3) is 0.182. The molecular weight excluding hydrogens is 174 g/mol. The molecule has 0 aliphatic heterocycles. The van der Waals surface area contributed by atoms with E-state index in [4.69, 9.17) is 11.0 Å². The highest BCUT2D eigenvalue weighted by Crippen LogP contribution is 2.23. The maximum absolute atomic E-state index is 8.72.